The lowest BCUT2D eigenvalue weighted by Crippen LogP contribution is -2.32. The van der Waals surface area contributed by atoms with E-state index in [0.717, 1.165) is 0 Å². The van der Waals surface area contributed by atoms with E-state index in [4.69, 9.17) is 19.6 Å². The van der Waals surface area contributed by atoms with Gasteiger partial charge < -0.3 is 0 Å². The maximum absolute atomic E-state index is 5.07. The summed E-state index contributed by atoms with van der Waals surface area (Å²) in [6, 6.07) is 0. The van der Waals surface area contributed by atoms with E-state index in [9.17, 15) is 0 Å². The van der Waals surface area contributed by atoms with Crippen molar-refractivity contribution in [2.45, 2.75) is 104 Å². The molecule has 0 saturated carbocycles. The predicted molar refractivity (Wildman–Crippen MR) is 89.9 cm³/mol. The summed E-state index contributed by atoms with van der Waals surface area (Å²) < 4.78 is 0. The van der Waals surface area contributed by atoms with E-state index in [0.29, 0.717) is 12.8 Å². The standard InChI is InChI=1S/C16H34O12/c1-13(2,3)17-21-25-27-23-19-15(7,8)11-12-16(9,10)20-24-28-26-22-18-14(4,5)6/h11-12H2,1-10H3. The molecule has 0 atom stereocenters. The molecular formula is C16H34O12. The third-order valence-electron chi connectivity index (χ3n) is 2.58. The van der Waals surface area contributed by atoms with Crippen LogP contribution in [0.25, 0.3) is 0 Å². The second-order valence-corrected chi connectivity index (χ2v) is 9.12. The molecular weight excluding hydrogens is 384 g/mol. The van der Waals surface area contributed by atoms with Gasteiger partial charge in [-0.05, 0) is 122 Å². The van der Waals surface area contributed by atoms with Crippen LogP contribution in [0.2, 0.25) is 0 Å². The van der Waals surface area contributed by atoms with Gasteiger partial charge in [-0.15, -0.1) is 0 Å². The van der Waals surface area contributed by atoms with Crippen molar-refractivity contribution in [2.75, 3.05) is 0 Å². The van der Waals surface area contributed by atoms with Crippen LogP contribution in [0.1, 0.15) is 82.1 Å². The summed E-state index contributed by atoms with van der Waals surface area (Å²) in [5.74, 6) is 0. The second-order valence-electron chi connectivity index (χ2n) is 9.12. The van der Waals surface area contributed by atoms with Crippen LogP contribution in [-0.2, 0) is 59.9 Å². The Hall–Kier alpha value is -0.480. The highest BCUT2D eigenvalue weighted by Crippen LogP contribution is 2.25. The van der Waals surface area contributed by atoms with E-state index < -0.39 is 22.4 Å². The first kappa shape index (κ1) is 27.5. The molecule has 0 aromatic carbocycles. The Balaban J connectivity index is 3.85. The summed E-state index contributed by atoms with van der Waals surface area (Å²) in [6.07, 6.45) is 0.965. The van der Waals surface area contributed by atoms with Crippen molar-refractivity contribution in [3.05, 3.63) is 0 Å². The van der Waals surface area contributed by atoms with E-state index in [1.807, 2.05) is 0 Å². The molecule has 0 aliphatic heterocycles. The number of hydrogen-bond acceptors (Lipinski definition) is 12. The van der Waals surface area contributed by atoms with Crippen LogP contribution in [0.4, 0.5) is 0 Å². The maximum Gasteiger partial charge on any atom is 0.101 e. The third-order valence-corrected chi connectivity index (χ3v) is 2.58. The second kappa shape index (κ2) is 12.3. The molecule has 0 saturated heterocycles. The first-order valence-electron chi connectivity index (χ1n) is 8.69. The molecule has 0 aliphatic carbocycles. The molecule has 12 nitrogen and oxygen atoms in total. The zero-order valence-electron chi connectivity index (χ0n) is 18.3. The van der Waals surface area contributed by atoms with Crippen molar-refractivity contribution in [1.29, 1.82) is 0 Å². The van der Waals surface area contributed by atoms with E-state index in [1.165, 1.54) is 0 Å². The summed E-state index contributed by atoms with van der Waals surface area (Å²) in [5.41, 5.74) is -2.65. The maximum atomic E-state index is 5.07. The molecule has 0 fully saturated rings. The van der Waals surface area contributed by atoms with Crippen LogP contribution in [0.5, 0.6) is 0 Å². The van der Waals surface area contributed by atoms with Gasteiger partial charge in [-0.3, -0.25) is 0 Å². The minimum atomic E-state index is -0.754. The molecule has 0 aliphatic rings. The summed E-state index contributed by atoms with van der Waals surface area (Å²) in [4.78, 5) is 19.7. The fourth-order valence-electron chi connectivity index (χ4n) is 1.17. The third kappa shape index (κ3) is 18.9. The van der Waals surface area contributed by atoms with Crippen molar-refractivity contribution in [3.63, 3.8) is 0 Å². The highest BCUT2D eigenvalue weighted by Gasteiger charge is 2.28. The Morgan fingerprint density at radius 2 is 0.607 bits per heavy atom. The Morgan fingerprint density at radius 3 is 0.857 bits per heavy atom. The van der Waals surface area contributed by atoms with Gasteiger partial charge in [0.05, 0.1) is 11.2 Å². The van der Waals surface area contributed by atoms with Crippen LogP contribution in [0.3, 0.4) is 0 Å². The van der Waals surface area contributed by atoms with Crippen LogP contribution in [-0.4, -0.2) is 22.4 Å². The quantitative estimate of drug-likeness (QED) is 0.215. The van der Waals surface area contributed by atoms with Crippen LogP contribution in [0.15, 0.2) is 0 Å². The molecule has 170 valence electrons. The molecule has 0 N–H and O–H groups in total. The molecule has 0 aromatic heterocycles. The Kier molecular flexibility index (Phi) is 12.1. The molecule has 0 radical (unpaired) electrons. The average molecular weight is 418 g/mol. The molecule has 0 aromatic rings. The van der Waals surface area contributed by atoms with Gasteiger partial charge in [-0.25, -0.2) is 0 Å². The van der Waals surface area contributed by atoms with Gasteiger partial charge in [0.1, 0.15) is 11.2 Å². The smallest absolute Gasteiger partial charge is 0.101 e. The van der Waals surface area contributed by atoms with Crippen molar-refractivity contribution in [1.82, 2.24) is 0 Å². The van der Waals surface area contributed by atoms with Gasteiger partial charge >= 0.3 is 0 Å². The van der Waals surface area contributed by atoms with Gasteiger partial charge in [-0.1, -0.05) is 0 Å². The van der Waals surface area contributed by atoms with Crippen LogP contribution >= 0.6 is 0 Å². The summed E-state index contributed by atoms with van der Waals surface area (Å²) in [6.45, 7) is 17.6. The zero-order valence-corrected chi connectivity index (χ0v) is 18.3. The van der Waals surface area contributed by atoms with Crippen molar-refractivity contribution in [2.24, 2.45) is 0 Å². The lowest BCUT2D eigenvalue weighted by Gasteiger charge is -2.27. The molecule has 28 heavy (non-hydrogen) atoms. The van der Waals surface area contributed by atoms with E-state index in [-0.39, 0.29) is 0 Å². The highest BCUT2D eigenvalue weighted by atomic mass is 17.8. The number of hydrogen-bond donors (Lipinski definition) is 0. The first-order valence-corrected chi connectivity index (χ1v) is 8.69. The fourth-order valence-corrected chi connectivity index (χ4v) is 1.17. The minimum absolute atomic E-state index is 0.483. The molecule has 12 heteroatoms. The monoisotopic (exact) mass is 418 g/mol. The molecule has 0 unspecified atom stereocenters. The van der Waals surface area contributed by atoms with Gasteiger partial charge in [0.2, 0.25) is 0 Å². The van der Waals surface area contributed by atoms with E-state index >= 15 is 0 Å². The van der Waals surface area contributed by atoms with Crippen LogP contribution in [0, 0.1) is 0 Å². The summed E-state index contributed by atoms with van der Waals surface area (Å²) in [7, 11) is 0. The summed E-state index contributed by atoms with van der Waals surface area (Å²) >= 11 is 0. The van der Waals surface area contributed by atoms with Crippen molar-refractivity contribution >= 4 is 0 Å². The normalized spacial score (nSPS) is 13.9. The zero-order chi connectivity index (χ0) is 21.9. The molecule has 0 amide bonds. The Morgan fingerprint density at radius 1 is 0.357 bits per heavy atom. The first-order chi connectivity index (χ1) is 12.6. The van der Waals surface area contributed by atoms with E-state index in [1.54, 1.807) is 69.2 Å². The average Bonchev–Trinajstić information content (AvgIpc) is 2.50. The Labute approximate surface area is 165 Å². The van der Waals surface area contributed by atoms with Gasteiger partial charge in [0.25, 0.3) is 0 Å². The summed E-state index contributed by atoms with van der Waals surface area (Å²) in [5, 5.41) is 34.4. The largest absolute Gasteiger partial charge is 0.198 e. The Bertz CT molecular complexity index is 361. The molecule has 0 heterocycles. The van der Waals surface area contributed by atoms with E-state index in [2.05, 4.69) is 40.3 Å². The highest BCUT2D eigenvalue weighted by molar-refractivity contribution is 4.74. The lowest BCUT2D eigenvalue weighted by atomic mass is 9.94. The fraction of sp³-hybridized carbons (Fsp3) is 1.00. The molecule has 0 spiro atoms. The molecule has 0 rings (SSSR count). The van der Waals surface area contributed by atoms with Crippen LogP contribution < -0.4 is 0 Å². The minimum Gasteiger partial charge on any atom is -0.198 e. The number of rotatable bonds is 15. The molecule has 0 bridgehead atoms. The predicted octanol–water partition coefficient (Wildman–Crippen LogP) is 4.27. The van der Waals surface area contributed by atoms with Crippen molar-refractivity contribution in [3.8, 4) is 0 Å². The van der Waals surface area contributed by atoms with Gasteiger partial charge in [0, 0.05) is 0 Å². The lowest BCUT2D eigenvalue weighted by molar-refractivity contribution is -0.769. The SMILES string of the molecule is CC(C)(C)OOOOOOC(C)(C)CCC(C)(C)OOOOOOC(C)(C)C. The van der Waals surface area contributed by atoms with Gasteiger partial charge in [0.15, 0.2) is 0 Å². The van der Waals surface area contributed by atoms with Gasteiger partial charge in [-0.2, -0.15) is 19.6 Å². The van der Waals surface area contributed by atoms with Crippen molar-refractivity contribution < 1.29 is 59.9 Å². The topological polar surface area (TPSA) is 111 Å².